The SMILES string of the molecule is Cc1cc(N)cnc1NCCN1CCCC1. The van der Waals surface area contributed by atoms with E-state index >= 15 is 0 Å². The number of likely N-dealkylation sites (tertiary alicyclic amines) is 1. The monoisotopic (exact) mass is 220 g/mol. The average Bonchev–Trinajstić information content (AvgIpc) is 2.74. The molecule has 0 unspecified atom stereocenters. The van der Waals surface area contributed by atoms with Gasteiger partial charge in [-0.05, 0) is 44.5 Å². The highest BCUT2D eigenvalue weighted by molar-refractivity contribution is 5.50. The number of nitrogens with two attached hydrogens (primary N) is 1. The zero-order valence-electron chi connectivity index (χ0n) is 9.87. The highest BCUT2D eigenvalue weighted by atomic mass is 15.2. The van der Waals surface area contributed by atoms with E-state index in [2.05, 4.69) is 15.2 Å². The predicted molar refractivity (Wildman–Crippen MR) is 67.6 cm³/mol. The summed E-state index contributed by atoms with van der Waals surface area (Å²) in [5.74, 6) is 0.952. The Balaban J connectivity index is 1.80. The first-order valence-corrected chi connectivity index (χ1v) is 5.94. The number of nitrogen functional groups attached to an aromatic ring is 1. The number of aromatic nitrogens is 1. The Bertz CT molecular complexity index is 345. The molecule has 2 rings (SSSR count). The van der Waals surface area contributed by atoms with E-state index in [0.717, 1.165) is 30.2 Å². The Morgan fingerprint density at radius 3 is 2.88 bits per heavy atom. The van der Waals surface area contributed by atoms with Gasteiger partial charge in [0.25, 0.3) is 0 Å². The van der Waals surface area contributed by atoms with Crippen LogP contribution in [0.4, 0.5) is 11.5 Å². The molecule has 2 heterocycles. The summed E-state index contributed by atoms with van der Waals surface area (Å²) in [5, 5.41) is 3.36. The van der Waals surface area contributed by atoms with Crippen LogP contribution in [0.3, 0.4) is 0 Å². The highest BCUT2D eigenvalue weighted by Gasteiger charge is 2.10. The van der Waals surface area contributed by atoms with Crippen molar-refractivity contribution in [2.45, 2.75) is 19.8 Å². The van der Waals surface area contributed by atoms with E-state index in [1.165, 1.54) is 25.9 Å². The summed E-state index contributed by atoms with van der Waals surface area (Å²) in [5.41, 5.74) is 7.49. The lowest BCUT2D eigenvalue weighted by molar-refractivity contribution is 0.352. The van der Waals surface area contributed by atoms with Crippen LogP contribution in [0, 0.1) is 6.92 Å². The molecule has 0 saturated carbocycles. The van der Waals surface area contributed by atoms with Crippen LogP contribution in [0.2, 0.25) is 0 Å². The topological polar surface area (TPSA) is 54.2 Å². The van der Waals surface area contributed by atoms with Crippen LogP contribution < -0.4 is 11.1 Å². The molecule has 1 fully saturated rings. The van der Waals surface area contributed by atoms with Gasteiger partial charge in [0.15, 0.2) is 0 Å². The van der Waals surface area contributed by atoms with E-state index in [1.54, 1.807) is 6.20 Å². The number of nitrogens with zero attached hydrogens (tertiary/aromatic N) is 2. The van der Waals surface area contributed by atoms with Crippen LogP contribution in [0.5, 0.6) is 0 Å². The van der Waals surface area contributed by atoms with Gasteiger partial charge in [-0.25, -0.2) is 4.98 Å². The second kappa shape index (κ2) is 5.16. The van der Waals surface area contributed by atoms with Crippen LogP contribution >= 0.6 is 0 Å². The maximum absolute atomic E-state index is 5.66. The van der Waals surface area contributed by atoms with Crippen LogP contribution in [-0.2, 0) is 0 Å². The van der Waals surface area contributed by atoms with Gasteiger partial charge >= 0.3 is 0 Å². The minimum absolute atomic E-state index is 0.725. The standard InChI is InChI=1S/C12H20N4/c1-10-8-11(13)9-15-12(10)14-4-7-16-5-2-3-6-16/h8-9H,2-7,13H2,1H3,(H,14,15). The zero-order valence-corrected chi connectivity index (χ0v) is 9.87. The maximum atomic E-state index is 5.66. The van der Waals surface area contributed by atoms with Gasteiger partial charge in [0.1, 0.15) is 5.82 Å². The zero-order chi connectivity index (χ0) is 11.4. The number of pyridine rings is 1. The van der Waals surface area contributed by atoms with Crippen LogP contribution in [-0.4, -0.2) is 36.1 Å². The Kier molecular flexibility index (Phi) is 3.62. The van der Waals surface area contributed by atoms with Crippen molar-refractivity contribution in [1.82, 2.24) is 9.88 Å². The molecule has 1 saturated heterocycles. The lowest BCUT2D eigenvalue weighted by Gasteiger charge is -2.15. The first kappa shape index (κ1) is 11.2. The second-order valence-corrected chi connectivity index (χ2v) is 4.41. The highest BCUT2D eigenvalue weighted by Crippen LogP contribution is 2.13. The van der Waals surface area contributed by atoms with E-state index in [4.69, 9.17) is 5.73 Å². The van der Waals surface area contributed by atoms with E-state index in [0.29, 0.717) is 0 Å². The average molecular weight is 220 g/mol. The summed E-state index contributed by atoms with van der Waals surface area (Å²) in [7, 11) is 0. The Hall–Kier alpha value is -1.29. The number of nitrogens with one attached hydrogen (secondary N) is 1. The molecule has 1 aliphatic heterocycles. The summed E-state index contributed by atoms with van der Waals surface area (Å²) in [6.07, 6.45) is 4.39. The lowest BCUT2D eigenvalue weighted by Crippen LogP contribution is -2.26. The molecule has 0 radical (unpaired) electrons. The van der Waals surface area contributed by atoms with E-state index < -0.39 is 0 Å². The lowest BCUT2D eigenvalue weighted by atomic mass is 10.2. The molecule has 0 bridgehead atoms. The van der Waals surface area contributed by atoms with E-state index in [9.17, 15) is 0 Å². The summed E-state index contributed by atoms with van der Waals surface area (Å²) >= 11 is 0. The molecule has 0 aromatic carbocycles. The van der Waals surface area contributed by atoms with Crippen LogP contribution in [0.1, 0.15) is 18.4 Å². The molecular weight excluding hydrogens is 200 g/mol. The number of aryl methyl sites for hydroxylation is 1. The molecule has 4 nitrogen and oxygen atoms in total. The number of anilines is 2. The van der Waals surface area contributed by atoms with Gasteiger partial charge in [-0.15, -0.1) is 0 Å². The van der Waals surface area contributed by atoms with Gasteiger partial charge in [0.2, 0.25) is 0 Å². The van der Waals surface area contributed by atoms with Crippen molar-refractivity contribution in [3.63, 3.8) is 0 Å². The van der Waals surface area contributed by atoms with Crippen molar-refractivity contribution < 1.29 is 0 Å². The molecule has 88 valence electrons. The third kappa shape index (κ3) is 2.85. The summed E-state index contributed by atoms with van der Waals surface area (Å²) in [4.78, 5) is 6.77. The summed E-state index contributed by atoms with van der Waals surface area (Å²) < 4.78 is 0. The molecule has 0 amide bonds. The molecule has 16 heavy (non-hydrogen) atoms. The number of hydrogen-bond donors (Lipinski definition) is 2. The van der Waals surface area contributed by atoms with Crippen LogP contribution in [0.25, 0.3) is 0 Å². The van der Waals surface area contributed by atoms with E-state index in [1.807, 2.05) is 13.0 Å². The van der Waals surface area contributed by atoms with Gasteiger partial charge in [0.05, 0.1) is 11.9 Å². The van der Waals surface area contributed by atoms with Crippen LogP contribution in [0.15, 0.2) is 12.3 Å². The Morgan fingerprint density at radius 1 is 1.44 bits per heavy atom. The molecular formula is C12H20N4. The molecule has 1 aromatic heterocycles. The third-order valence-corrected chi connectivity index (χ3v) is 3.02. The van der Waals surface area contributed by atoms with Gasteiger partial charge in [-0.1, -0.05) is 0 Å². The van der Waals surface area contributed by atoms with Gasteiger partial charge in [0, 0.05) is 13.1 Å². The number of rotatable bonds is 4. The van der Waals surface area contributed by atoms with Crippen molar-refractivity contribution >= 4 is 11.5 Å². The molecule has 1 aromatic rings. The Morgan fingerprint density at radius 2 is 2.19 bits per heavy atom. The largest absolute Gasteiger partial charge is 0.397 e. The van der Waals surface area contributed by atoms with Gasteiger partial charge < -0.3 is 16.0 Å². The maximum Gasteiger partial charge on any atom is 0.129 e. The smallest absolute Gasteiger partial charge is 0.129 e. The fourth-order valence-electron chi connectivity index (χ4n) is 2.12. The summed E-state index contributed by atoms with van der Waals surface area (Å²) in [6.45, 7) is 6.58. The molecule has 0 atom stereocenters. The minimum Gasteiger partial charge on any atom is -0.397 e. The molecule has 0 spiro atoms. The second-order valence-electron chi connectivity index (χ2n) is 4.41. The summed E-state index contributed by atoms with van der Waals surface area (Å²) in [6, 6.07) is 1.95. The van der Waals surface area contributed by atoms with Crippen molar-refractivity contribution in [3.8, 4) is 0 Å². The van der Waals surface area contributed by atoms with E-state index in [-0.39, 0.29) is 0 Å². The molecule has 1 aliphatic rings. The molecule has 4 heteroatoms. The molecule has 3 N–H and O–H groups in total. The number of hydrogen-bond acceptors (Lipinski definition) is 4. The van der Waals surface area contributed by atoms with Crippen molar-refractivity contribution in [3.05, 3.63) is 17.8 Å². The van der Waals surface area contributed by atoms with Crippen molar-refractivity contribution in [2.24, 2.45) is 0 Å². The van der Waals surface area contributed by atoms with Crippen molar-refractivity contribution in [2.75, 3.05) is 37.2 Å². The minimum atomic E-state index is 0.725. The fraction of sp³-hybridized carbons (Fsp3) is 0.583. The predicted octanol–water partition coefficient (Wildman–Crippen LogP) is 1.48. The fourth-order valence-corrected chi connectivity index (χ4v) is 2.12. The van der Waals surface area contributed by atoms with Crippen molar-refractivity contribution in [1.29, 1.82) is 0 Å². The normalized spacial score (nSPS) is 16.6. The Labute approximate surface area is 96.8 Å². The van der Waals surface area contributed by atoms with Gasteiger partial charge in [-0.3, -0.25) is 0 Å². The van der Waals surface area contributed by atoms with Gasteiger partial charge in [-0.2, -0.15) is 0 Å². The quantitative estimate of drug-likeness (QED) is 0.807. The first-order chi connectivity index (χ1) is 7.75. The molecule has 0 aliphatic carbocycles. The first-order valence-electron chi connectivity index (χ1n) is 5.94. The third-order valence-electron chi connectivity index (χ3n) is 3.02.